The average molecular weight is 542 g/mol. The Labute approximate surface area is 224 Å². The Balaban J connectivity index is 2.06. The number of nitrogens with one attached hydrogen (secondary N) is 1. The molecule has 0 saturated heterocycles. The molecule has 0 radical (unpaired) electrons. The minimum Gasteiger partial charge on any atom is -0.357 e. The van der Waals surface area contributed by atoms with Gasteiger partial charge in [0.25, 0.3) is 10.0 Å². The molecular weight excluding hydrogens is 510 g/mol. The highest BCUT2D eigenvalue weighted by Crippen LogP contribution is 2.28. The van der Waals surface area contributed by atoms with E-state index in [0.717, 1.165) is 15.4 Å². The van der Waals surface area contributed by atoms with E-state index in [2.05, 4.69) is 5.32 Å². The van der Waals surface area contributed by atoms with Gasteiger partial charge in [-0.2, -0.15) is 0 Å². The number of para-hydroxylation sites is 1. The first-order valence-electron chi connectivity index (χ1n) is 12.0. The number of rotatable bonds is 10. The fraction of sp³-hybridized carbons (Fsp3) is 0.286. The van der Waals surface area contributed by atoms with Gasteiger partial charge in [0, 0.05) is 18.6 Å². The van der Waals surface area contributed by atoms with E-state index in [4.69, 9.17) is 11.6 Å². The molecule has 1 atom stereocenters. The zero-order valence-electron chi connectivity index (χ0n) is 21.4. The summed E-state index contributed by atoms with van der Waals surface area (Å²) in [5.41, 5.74) is 2.98. The van der Waals surface area contributed by atoms with E-state index in [0.29, 0.717) is 22.7 Å². The molecule has 1 N–H and O–H groups in total. The van der Waals surface area contributed by atoms with Crippen LogP contribution in [-0.4, -0.2) is 44.8 Å². The second kappa shape index (κ2) is 12.3. The SMILES string of the molecule is CC[C@@H](C(=O)NC)N(Cc1ccc(C)cc1)C(=O)CN(c1ccccc1C)S(=O)(=O)c1ccc(Cl)cc1. The van der Waals surface area contributed by atoms with Crippen molar-refractivity contribution in [2.75, 3.05) is 17.9 Å². The highest BCUT2D eigenvalue weighted by Gasteiger charge is 2.33. The second-order valence-corrected chi connectivity index (χ2v) is 11.1. The van der Waals surface area contributed by atoms with Gasteiger partial charge in [-0.3, -0.25) is 13.9 Å². The maximum atomic E-state index is 13.9. The number of amides is 2. The van der Waals surface area contributed by atoms with E-state index in [1.54, 1.807) is 31.2 Å². The van der Waals surface area contributed by atoms with E-state index in [1.165, 1.54) is 36.2 Å². The van der Waals surface area contributed by atoms with Crippen LogP contribution in [0.15, 0.2) is 77.7 Å². The number of hydrogen-bond acceptors (Lipinski definition) is 4. The highest BCUT2D eigenvalue weighted by molar-refractivity contribution is 7.92. The molecular formula is C28H32ClN3O4S. The predicted octanol–water partition coefficient (Wildman–Crippen LogP) is 4.71. The maximum absolute atomic E-state index is 13.9. The molecule has 0 heterocycles. The minimum atomic E-state index is -4.13. The van der Waals surface area contributed by atoms with Crippen molar-refractivity contribution >= 4 is 39.1 Å². The van der Waals surface area contributed by atoms with Gasteiger partial charge in [-0.1, -0.05) is 66.6 Å². The van der Waals surface area contributed by atoms with E-state index in [1.807, 2.05) is 38.1 Å². The van der Waals surface area contributed by atoms with Gasteiger partial charge in [0.15, 0.2) is 0 Å². The van der Waals surface area contributed by atoms with Crippen LogP contribution in [0.2, 0.25) is 5.02 Å². The summed E-state index contributed by atoms with van der Waals surface area (Å²) in [6.07, 6.45) is 0.367. The molecule has 0 aliphatic carbocycles. The molecule has 0 bridgehead atoms. The number of anilines is 1. The van der Waals surface area contributed by atoms with Crippen molar-refractivity contribution in [3.63, 3.8) is 0 Å². The van der Waals surface area contributed by atoms with Crippen LogP contribution in [-0.2, 0) is 26.2 Å². The maximum Gasteiger partial charge on any atom is 0.264 e. The Morgan fingerprint density at radius 3 is 2.14 bits per heavy atom. The van der Waals surface area contributed by atoms with E-state index in [9.17, 15) is 18.0 Å². The molecule has 3 rings (SSSR count). The Kier molecular flexibility index (Phi) is 9.34. The van der Waals surface area contributed by atoms with Gasteiger partial charge < -0.3 is 10.2 Å². The van der Waals surface area contributed by atoms with Crippen LogP contribution in [0.25, 0.3) is 0 Å². The topological polar surface area (TPSA) is 86.8 Å². The molecule has 0 fully saturated rings. The average Bonchev–Trinajstić information content (AvgIpc) is 2.88. The zero-order valence-corrected chi connectivity index (χ0v) is 23.0. The Hall–Kier alpha value is -3.36. The third kappa shape index (κ3) is 6.70. The summed E-state index contributed by atoms with van der Waals surface area (Å²) in [6.45, 7) is 5.25. The summed E-state index contributed by atoms with van der Waals surface area (Å²) in [4.78, 5) is 28.1. The summed E-state index contributed by atoms with van der Waals surface area (Å²) in [5.74, 6) is -0.803. The second-order valence-electron chi connectivity index (χ2n) is 8.80. The van der Waals surface area contributed by atoms with Gasteiger partial charge in [0.05, 0.1) is 10.6 Å². The normalized spacial score (nSPS) is 12.0. The van der Waals surface area contributed by atoms with Gasteiger partial charge >= 0.3 is 0 Å². The smallest absolute Gasteiger partial charge is 0.264 e. The number of sulfonamides is 1. The summed E-state index contributed by atoms with van der Waals surface area (Å²) in [7, 11) is -2.61. The number of nitrogens with zero attached hydrogens (tertiary/aromatic N) is 2. The number of hydrogen-bond donors (Lipinski definition) is 1. The van der Waals surface area contributed by atoms with Gasteiger partial charge in [0.2, 0.25) is 11.8 Å². The first-order chi connectivity index (χ1) is 17.6. The van der Waals surface area contributed by atoms with Crippen LogP contribution in [0.4, 0.5) is 5.69 Å². The Morgan fingerprint density at radius 1 is 0.946 bits per heavy atom. The molecule has 0 aromatic heterocycles. The van der Waals surface area contributed by atoms with Crippen molar-refractivity contribution in [3.8, 4) is 0 Å². The quantitative estimate of drug-likeness (QED) is 0.403. The lowest BCUT2D eigenvalue weighted by molar-refractivity contribution is -0.140. The number of benzene rings is 3. The van der Waals surface area contributed by atoms with Crippen molar-refractivity contribution in [2.45, 2.75) is 44.7 Å². The summed E-state index contributed by atoms with van der Waals surface area (Å²) >= 11 is 5.98. The summed E-state index contributed by atoms with van der Waals surface area (Å²) < 4.78 is 28.7. The molecule has 0 saturated carbocycles. The van der Waals surface area contributed by atoms with Gasteiger partial charge in [0.1, 0.15) is 12.6 Å². The molecule has 3 aromatic carbocycles. The van der Waals surface area contributed by atoms with Crippen LogP contribution >= 0.6 is 11.6 Å². The molecule has 0 aliphatic heterocycles. The molecule has 37 heavy (non-hydrogen) atoms. The lowest BCUT2D eigenvalue weighted by Gasteiger charge is -2.33. The van der Waals surface area contributed by atoms with Gasteiger partial charge in [-0.15, -0.1) is 0 Å². The lowest BCUT2D eigenvalue weighted by atomic mass is 10.1. The largest absolute Gasteiger partial charge is 0.357 e. The summed E-state index contributed by atoms with van der Waals surface area (Å²) in [6, 6.07) is 19.7. The third-order valence-electron chi connectivity index (χ3n) is 6.17. The van der Waals surface area contributed by atoms with Crippen molar-refractivity contribution in [3.05, 3.63) is 94.5 Å². The number of halogens is 1. The van der Waals surface area contributed by atoms with Crippen LogP contribution < -0.4 is 9.62 Å². The van der Waals surface area contributed by atoms with Crippen LogP contribution in [0.5, 0.6) is 0 Å². The van der Waals surface area contributed by atoms with Gasteiger partial charge in [-0.05, 0) is 61.7 Å². The monoisotopic (exact) mass is 541 g/mol. The lowest BCUT2D eigenvalue weighted by Crippen LogP contribution is -2.51. The molecule has 2 amide bonds. The van der Waals surface area contributed by atoms with Crippen molar-refractivity contribution in [1.29, 1.82) is 0 Å². The number of carbonyl (C=O) groups excluding carboxylic acids is 2. The van der Waals surface area contributed by atoms with E-state index in [-0.39, 0.29) is 17.3 Å². The minimum absolute atomic E-state index is 0.0105. The first-order valence-corrected chi connectivity index (χ1v) is 13.8. The molecule has 0 spiro atoms. The van der Waals surface area contributed by atoms with Crippen molar-refractivity contribution in [2.24, 2.45) is 0 Å². The zero-order chi connectivity index (χ0) is 27.2. The van der Waals surface area contributed by atoms with Gasteiger partial charge in [-0.25, -0.2) is 8.42 Å². The molecule has 3 aromatic rings. The molecule has 0 aliphatic rings. The standard InChI is InChI=1S/C28H32ClN3O4S/c1-5-25(28(34)30-4)31(18-22-12-10-20(2)11-13-22)27(33)19-32(26-9-7-6-8-21(26)3)37(35,36)24-16-14-23(29)15-17-24/h6-17,25H,5,18-19H2,1-4H3,(H,30,34)/t25-/m0/s1. The molecule has 9 heteroatoms. The third-order valence-corrected chi connectivity index (χ3v) is 8.20. The fourth-order valence-corrected chi connectivity index (χ4v) is 5.67. The van der Waals surface area contributed by atoms with Crippen molar-refractivity contribution in [1.82, 2.24) is 10.2 Å². The van der Waals surface area contributed by atoms with E-state index >= 15 is 0 Å². The molecule has 196 valence electrons. The van der Waals surface area contributed by atoms with Crippen molar-refractivity contribution < 1.29 is 18.0 Å². The van der Waals surface area contributed by atoms with Crippen LogP contribution in [0.3, 0.4) is 0 Å². The number of likely N-dealkylation sites (N-methyl/N-ethyl adjacent to an activating group) is 1. The van der Waals surface area contributed by atoms with Crippen LogP contribution in [0.1, 0.15) is 30.0 Å². The number of aryl methyl sites for hydroxylation is 2. The van der Waals surface area contributed by atoms with E-state index < -0.39 is 28.5 Å². The number of carbonyl (C=O) groups is 2. The Bertz CT molecular complexity index is 1340. The highest BCUT2D eigenvalue weighted by atomic mass is 35.5. The molecule has 7 nitrogen and oxygen atoms in total. The predicted molar refractivity (Wildman–Crippen MR) is 147 cm³/mol. The van der Waals surface area contributed by atoms with Crippen LogP contribution in [0, 0.1) is 13.8 Å². The fourth-order valence-electron chi connectivity index (χ4n) is 4.07. The Morgan fingerprint density at radius 2 is 1.57 bits per heavy atom. The summed E-state index contributed by atoms with van der Waals surface area (Å²) in [5, 5.41) is 3.03. The first kappa shape index (κ1) is 28.2. The molecule has 0 unspecified atom stereocenters.